The number of nitrogens with one attached hydrogen (secondary N) is 1. The third-order valence-corrected chi connectivity index (χ3v) is 3.25. The third-order valence-electron chi connectivity index (χ3n) is 3.25. The zero-order valence-corrected chi connectivity index (χ0v) is 12.1. The van der Waals surface area contributed by atoms with Gasteiger partial charge in [0.2, 0.25) is 11.7 Å². The zero-order chi connectivity index (χ0) is 14.5. The minimum absolute atomic E-state index is 0.294. The number of rotatable bonds is 6. The quantitative estimate of drug-likeness (QED) is 0.881. The molecule has 1 heterocycles. The molecule has 108 valence electrons. The molecule has 0 aliphatic rings. The number of aromatic nitrogens is 2. The summed E-state index contributed by atoms with van der Waals surface area (Å²) in [5, 5.41) is 7.27. The Balaban J connectivity index is 2.07. The van der Waals surface area contributed by atoms with Gasteiger partial charge in [-0.15, -0.1) is 0 Å². The number of aryl methyl sites for hydroxylation is 2. The van der Waals surface area contributed by atoms with Gasteiger partial charge in [-0.2, -0.15) is 4.98 Å². The normalized spacial score (nSPS) is 12.6. The second kappa shape index (κ2) is 6.61. The minimum Gasteiger partial charge on any atom is -0.339 e. The number of hydrogen-bond acceptors (Lipinski definition) is 4. The van der Waals surface area contributed by atoms with Crippen molar-refractivity contribution in [3.8, 4) is 11.4 Å². The van der Waals surface area contributed by atoms with Crippen LogP contribution in [0.15, 0.2) is 22.7 Å². The van der Waals surface area contributed by atoms with Crippen LogP contribution in [-0.2, 0) is 6.42 Å². The summed E-state index contributed by atoms with van der Waals surface area (Å²) < 4.78 is 18.5. The molecule has 0 fully saturated rings. The summed E-state index contributed by atoms with van der Waals surface area (Å²) in [6, 6.07) is 4.99. The number of benzene rings is 1. The van der Waals surface area contributed by atoms with Gasteiger partial charge in [0.15, 0.2) is 0 Å². The molecule has 4 nitrogen and oxygen atoms in total. The topological polar surface area (TPSA) is 51.0 Å². The van der Waals surface area contributed by atoms with Crippen molar-refractivity contribution in [1.29, 1.82) is 0 Å². The monoisotopic (exact) mass is 277 g/mol. The number of nitrogens with zero attached hydrogens (tertiary/aromatic N) is 2. The van der Waals surface area contributed by atoms with E-state index >= 15 is 0 Å². The van der Waals surface area contributed by atoms with E-state index in [0.717, 1.165) is 24.9 Å². The molecular formula is C15H20FN3O. The van der Waals surface area contributed by atoms with Gasteiger partial charge >= 0.3 is 0 Å². The van der Waals surface area contributed by atoms with E-state index in [0.29, 0.717) is 23.3 Å². The summed E-state index contributed by atoms with van der Waals surface area (Å²) in [6.07, 6.45) is 1.65. The Labute approximate surface area is 118 Å². The molecule has 0 saturated carbocycles. The highest BCUT2D eigenvalue weighted by atomic mass is 19.1. The zero-order valence-electron chi connectivity index (χ0n) is 12.1. The average Bonchev–Trinajstić information content (AvgIpc) is 2.88. The molecule has 0 amide bonds. The fourth-order valence-corrected chi connectivity index (χ4v) is 2.09. The molecule has 0 bridgehead atoms. The van der Waals surface area contributed by atoms with Crippen molar-refractivity contribution in [1.82, 2.24) is 15.5 Å². The molecule has 20 heavy (non-hydrogen) atoms. The van der Waals surface area contributed by atoms with Gasteiger partial charge in [-0.25, -0.2) is 4.39 Å². The average molecular weight is 277 g/mol. The smallest absolute Gasteiger partial charge is 0.227 e. The molecule has 0 saturated heterocycles. The summed E-state index contributed by atoms with van der Waals surface area (Å²) >= 11 is 0. The van der Waals surface area contributed by atoms with Crippen molar-refractivity contribution in [3.05, 3.63) is 35.5 Å². The van der Waals surface area contributed by atoms with Crippen LogP contribution in [0.3, 0.4) is 0 Å². The Morgan fingerprint density at radius 3 is 2.95 bits per heavy atom. The Bertz CT molecular complexity index is 568. The first kappa shape index (κ1) is 14.7. The van der Waals surface area contributed by atoms with Crippen molar-refractivity contribution in [2.24, 2.45) is 0 Å². The third kappa shape index (κ3) is 3.63. The summed E-state index contributed by atoms with van der Waals surface area (Å²) in [7, 11) is 0. The van der Waals surface area contributed by atoms with E-state index in [1.165, 1.54) is 12.1 Å². The lowest BCUT2D eigenvalue weighted by atomic mass is 10.1. The van der Waals surface area contributed by atoms with Crippen molar-refractivity contribution in [2.45, 2.75) is 39.7 Å². The van der Waals surface area contributed by atoms with Crippen LogP contribution in [0, 0.1) is 12.7 Å². The summed E-state index contributed by atoms with van der Waals surface area (Å²) in [5.74, 6) is 0.749. The molecule has 1 atom stereocenters. The lowest BCUT2D eigenvalue weighted by molar-refractivity contribution is 0.368. The lowest BCUT2D eigenvalue weighted by Gasteiger charge is -2.09. The molecule has 1 unspecified atom stereocenters. The van der Waals surface area contributed by atoms with E-state index in [4.69, 9.17) is 4.52 Å². The fraction of sp³-hybridized carbons (Fsp3) is 0.467. The van der Waals surface area contributed by atoms with E-state index in [1.807, 2.05) is 6.92 Å². The fourth-order valence-electron chi connectivity index (χ4n) is 2.09. The molecular weight excluding hydrogens is 257 g/mol. The first-order valence-corrected chi connectivity index (χ1v) is 6.92. The van der Waals surface area contributed by atoms with Crippen LogP contribution in [0.25, 0.3) is 11.4 Å². The molecule has 1 aromatic carbocycles. The first-order valence-electron chi connectivity index (χ1n) is 6.92. The van der Waals surface area contributed by atoms with Gasteiger partial charge in [0.25, 0.3) is 0 Å². The SMILES string of the molecule is CCNC(C)CCc1nc(-c2cc(F)ccc2C)no1. The van der Waals surface area contributed by atoms with Crippen LogP contribution in [0.5, 0.6) is 0 Å². The van der Waals surface area contributed by atoms with Gasteiger partial charge in [0.1, 0.15) is 5.82 Å². The highest BCUT2D eigenvalue weighted by Crippen LogP contribution is 2.21. The molecule has 1 N–H and O–H groups in total. The van der Waals surface area contributed by atoms with E-state index < -0.39 is 0 Å². The molecule has 1 aromatic heterocycles. The van der Waals surface area contributed by atoms with Crippen LogP contribution in [-0.4, -0.2) is 22.7 Å². The van der Waals surface area contributed by atoms with Crippen molar-refractivity contribution in [3.63, 3.8) is 0 Å². The highest BCUT2D eigenvalue weighted by molar-refractivity contribution is 5.59. The van der Waals surface area contributed by atoms with Crippen LogP contribution >= 0.6 is 0 Å². The van der Waals surface area contributed by atoms with Crippen molar-refractivity contribution < 1.29 is 8.91 Å². The molecule has 0 aliphatic heterocycles. The van der Waals surface area contributed by atoms with Crippen molar-refractivity contribution in [2.75, 3.05) is 6.54 Å². The Hall–Kier alpha value is -1.75. The Kier molecular flexibility index (Phi) is 4.84. The predicted octanol–water partition coefficient (Wildman–Crippen LogP) is 3.11. The van der Waals surface area contributed by atoms with Crippen LogP contribution in [0.1, 0.15) is 31.7 Å². The molecule has 5 heteroatoms. The van der Waals surface area contributed by atoms with Crippen LogP contribution in [0.2, 0.25) is 0 Å². The Morgan fingerprint density at radius 1 is 1.40 bits per heavy atom. The number of hydrogen-bond donors (Lipinski definition) is 1. The largest absolute Gasteiger partial charge is 0.339 e. The highest BCUT2D eigenvalue weighted by Gasteiger charge is 2.12. The summed E-state index contributed by atoms with van der Waals surface area (Å²) in [6.45, 7) is 7.04. The molecule has 2 aromatic rings. The van der Waals surface area contributed by atoms with Gasteiger partial charge in [0.05, 0.1) is 0 Å². The molecule has 2 rings (SSSR count). The lowest BCUT2D eigenvalue weighted by Crippen LogP contribution is -2.25. The molecule has 0 aliphatic carbocycles. The van der Waals surface area contributed by atoms with Gasteiger partial charge in [-0.1, -0.05) is 18.1 Å². The summed E-state index contributed by atoms with van der Waals surface area (Å²) in [4.78, 5) is 4.34. The number of halogens is 1. The van der Waals surface area contributed by atoms with Gasteiger partial charge in [-0.05, 0) is 44.5 Å². The predicted molar refractivity (Wildman–Crippen MR) is 75.9 cm³/mol. The Morgan fingerprint density at radius 2 is 2.20 bits per heavy atom. The van der Waals surface area contributed by atoms with E-state index in [2.05, 4.69) is 29.3 Å². The van der Waals surface area contributed by atoms with E-state index in [-0.39, 0.29) is 5.82 Å². The van der Waals surface area contributed by atoms with E-state index in [1.54, 1.807) is 6.07 Å². The van der Waals surface area contributed by atoms with Crippen LogP contribution < -0.4 is 5.32 Å². The van der Waals surface area contributed by atoms with Gasteiger partial charge in [0, 0.05) is 18.0 Å². The molecule has 0 radical (unpaired) electrons. The van der Waals surface area contributed by atoms with Gasteiger partial charge in [-0.3, -0.25) is 0 Å². The first-order chi connectivity index (χ1) is 9.60. The van der Waals surface area contributed by atoms with Crippen molar-refractivity contribution >= 4 is 0 Å². The maximum Gasteiger partial charge on any atom is 0.227 e. The minimum atomic E-state index is -0.294. The maximum absolute atomic E-state index is 13.3. The van der Waals surface area contributed by atoms with Gasteiger partial charge < -0.3 is 9.84 Å². The van der Waals surface area contributed by atoms with Crippen LogP contribution in [0.4, 0.5) is 4.39 Å². The molecule has 0 spiro atoms. The standard InChI is InChI=1S/C15H20FN3O/c1-4-17-11(3)6-8-14-18-15(19-20-14)13-9-12(16)7-5-10(13)2/h5,7,9,11,17H,4,6,8H2,1-3H3. The summed E-state index contributed by atoms with van der Waals surface area (Å²) in [5.41, 5.74) is 1.61. The maximum atomic E-state index is 13.3. The second-order valence-electron chi connectivity index (χ2n) is 4.97. The van der Waals surface area contributed by atoms with E-state index in [9.17, 15) is 4.39 Å². The second-order valence-corrected chi connectivity index (χ2v) is 4.97.